The molecule has 4 N–H and O–H groups in total. The Morgan fingerprint density at radius 1 is 1.64 bits per heavy atom. The highest BCUT2D eigenvalue weighted by Crippen LogP contribution is 2.27. The monoisotopic (exact) mass is 207 g/mol. The first kappa shape index (κ1) is 10.3. The molecule has 1 aromatic carbocycles. The summed E-state index contributed by atoms with van der Waals surface area (Å²) in [5, 5.41) is 20.9. The molecule has 0 saturated heterocycles. The lowest BCUT2D eigenvalue weighted by atomic mass is 10.1. The molecule has 1 rings (SSSR count). The average Bonchev–Trinajstić information content (AvgIpc) is 2.13. The van der Waals surface area contributed by atoms with Crippen molar-refractivity contribution in [1.29, 1.82) is 5.26 Å². The summed E-state index contributed by atoms with van der Waals surface area (Å²) in [7, 11) is 0. The SMILES string of the molecule is Cc1c(O)ccc(C#N)c1NC(N)=S. The second-order valence-corrected chi connectivity index (χ2v) is 3.17. The van der Waals surface area contributed by atoms with Crippen LogP contribution < -0.4 is 11.1 Å². The minimum atomic E-state index is 0.0650. The zero-order valence-corrected chi connectivity index (χ0v) is 8.35. The number of hydrogen-bond donors (Lipinski definition) is 3. The topological polar surface area (TPSA) is 82.1 Å². The minimum absolute atomic E-state index is 0.0650. The number of thiocarbonyl (C=S) groups is 1. The first-order valence-corrected chi connectivity index (χ1v) is 4.26. The van der Waals surface area contributed by atoms with Gasteiger partial charge in [0.05, 0.1) is 11.3 Å². The van der Waals surface area contributed by atoms with Crippen molar-refractivity contribution in [2.24, 2.45) is 5.73 Å². The van der Waals surface area contributed by atoms with Crippen LogP contribution in [-0.4, -0.2) is 10.2 Å². The Kier molecular flexibility index (Phi) is 2.89. The molecule has 0 amide bonds. The van der Waals surface area contributed by atoms with E-state index < -0.39 is 0 Å². The lowest BCUT2D eigenvalue weighted by Crippen LogP contribution is -2.20. The number of anilines is 1. The second-order valence-electron chi connectivity index (χ2n) is 2.73. The summed E-state index contributed by atoms with van der Waals surface area (Å²) in [4.78, 5) is 0. The molecular formula is C9H9N3OS. The van der Waals surface area contributed by atoms with Gasteiger partial charge in [-0.25, -0.2) is 0 Å². The summed E-state index contributed by atoms with van der Waals surface area (Å²) in [6.45, 7) is 1.68. The molecule has 0 spiro atoms. The maximum atomic E-state index is 9.40. The normalized spacial score (nSPS) is 9.14. The predicted octanol–water partition coefficient (Wildman–Crippen LogP) is 1.23. The number of phenols is 1. The van der Waals surface area contributed by atoms with E-state index in [4.69, 9.17) is 11.0 Å². The van der Waals surface area contributed by atoms with Gasteiger partial charge in [0, 0.05) is 5.56 Å². The number of aromatic hydroxyl groups is 1. The molecular weight excluding hydrogens is 198 g/mol. The molecule has 0 aromatic heterocycles. The van der Waals surface area contributed by atoms with E-state index in [0.717, 1.165) is 0 Å². The molecule has 0 fully saturated rings. The van der Waals surface area contributed by atoms with Gasteiger partial charge in [0.2, 0.25) is 0 Å². The molecule has 0 radical (unpaired) electrons. The number of phenolic OH excluding ortho intramolecular Hbond substituents is 1. The molecule has 0 saturated carbocycles. The van der Waals surface area contributed by atoms with Crippen molar-refractivity contribution >= 4 is 23.0 Å². The van der Waals surface area contributed by atoms with Gasteiger partial charge in [-0.2, -0.15) is 5.26 Å². The molecule has 0 aliphatic carbocycles. The first-order chi connectivity index (χ1) is 6.56. The van der Waals surface area contributed by atoms with Crippen LogP contribution in [0, 0.1) is 18.3 Å². The van der Waals surface area contributed by atoms with Crippen LogP contribution in [0.4, 0.5) is 5.69 Å². The van der Waals surface area contributed by atoms with Gasteiger partial charge in [-0.05, 0) is 31.3 Å². The van der Waals surface area contributed by atoms with Gasteiger partial charge in [-0.15, -0.1) is 0 Å². The van der Waals surface area contributed by atoms with E-state index in [9.17, 15) is 5.11 Å². The van der Waals surface area contributed by atoms with Crippen molar-refractivity contribution in [3.63, 3.8) is 0 Å². The zero-order chi connectivity index (χ0) is 10.7. The predicted molar refractivity (Wildman–Crippen MR) is 58.0 cm³/mol. The van der Waals surface area contributed by atoms with E-state index in [1.54, 1.807) is 6.92 Å². The van der Waals surface area contributed by atoms with Gasteiger partial charge in [0.25, 0.3) is 0 Å². The Morgan fingerprint density at radius 3 is 2.79 bits per heavy atom. The van der Waals surface area contributed by atoms with Crippen molar-refractivity contribution in [2.45, 2.75) is 6.92 Å². The lowest BCUT2D eigenvalue weighted by molar-refractivity contribution is 0.471. The Bertz CT molecular complexity index is 423. The zero-order valence-electron chi connectivity index (χ0n) is 7.53. The average molecular weight is 207 g/mol. The molecule has 0 heterocycles. The third-order valence-corrected chi connectivity index (χ3v) is 1.91. The number of nitrogens with one attached hydrogen (secondary N) is 1. The van der Waals surface area contributed by atoms with Crippen LogP contribution in [0.15, 0.2) is 12.1 Å². The van der Waals surface area contributed by atoms with Crippen molar-refractivity contribution in [1.82, 2.24) is 0 Å². The van der Waals surface area contributed by atoms with Crippen LogP contribution in [0.2, 0.25) is 0 Å². The number of nitrogens with two attached hydrogens (primary N) is 1. The molecule has 4 nitrogen and oxygen atoms in total. The summed E-state index contributed by atoms with van der Waals surface area (Å²) in [6, 6.07) is 4.94. The van der Waals surface area contributed by atoms with Crippen LogP contribution in [-0.2, 0) is 0 Å². The van der Waals surface area contributed by atoms with Crippen LogP contribution >= 0.6 is 12.2 Å². The third kappa shape index (κ3) is 1.92. The van der Waals surface area contributed by atoms with E-state index in [1.807, 2.05) is 6.07 Å². The van der Waals surface area contributed by atoms with E-state index in [1.165, 1.54) is 12.1 Å². The van der Waals surface area contributed by atoms with Crippen LogP contribution in [0.5, 0.6) is 5.75 Å². The fourth-order valence-electron chi connectivity index (χ4n) is 1.08. The van der Waals surface area contributed by atoms with Gasteiger partial charge < -0.3 is 16.2 Å². The van der Waals surface area contributed by atoms with Crippen LogP contribution in [0.25, 0.3) is 0 Å². The molecule has 0 atom stereocenters. The minimum Gasteiger partial charge on any atom is -0.508 e. The number of rotatable bonds is 1. The fourth-order valence-corrected chi connectivity index (χ4v) is 1.18. The van der Waals surface area contributed by atoms with Gasteiger partial charge in [0.15, 0.2) is 5.11 Å². The second kappa shape index (κ2) is 3.94. The highest BCUT2D eigenvalue weighted by molar-refractivity contribution is 7.80. The fraction of sp³-hybridized carbons (Fsp3) is 0.111. The van der Waals surface area contributed by atoms with E-state index >= 15 is 0 Å². The summed E-state index contributed by atoms with van der Waals surface area (Å²) < 4.78 is 0. The molecule has 5 heteroatoms. The smallest absolute Gasteiger partial charge is 0.168 e. The molecule has 0 bridgehead atoms. The largest absolute Gasteiger partial charge is 0.508 e. The van der Waals surface area contributed by atoms with E-state index in [2.05, 4.69) is 17.5 Å². The summed E-state index contributed by atoms with van der Waals surface area (Å²) in [6.07, 6.45) is 0. The Hall–Kier alpha value is -1.80. The van der Waals surface area contributed by atoms with Crippen molar-refractivity contribution in [2.75, 3.05) is 5.32 Å². The van der Waals surface area contributed by atoms with Crippen LogP contribution in [0.3, 0.4) is 0 Å². The maximum absolute atomic E-state index is 9.40. The molecule has 0 aliphatic rings. The molecule has 72 valence electrons. The third-order valence-electron chi connectivity index (χ3n) is 1.81. The van der Waals surface area contributed by atoms with Crippen LogP contribution in [0.1, 0.15) is 11.1 Å². The quantitative estimate of drug-likeness (QED) is 0.603. The van der Waals surface area contributed by atoms with Gasteiger partial charge in [0.1, 0.15) is 11.8 Å². The first-order valence-electron chi connectivity index (χ1n) is 3.85. The number of benzene rings is 1. The summed E-state index contributed by atoms with van der Waals surface area (Å²) in [5.41, 5.74) is 6.70. The molecule has 0 unspecified atom stereocenters. The Labute approximate surface area is 87.0 Å². The van der Waals surface area contributed by atoms with Crippen molar-refractivity contribution in [3.8, 4) is 11.8 Å². The Morgan fingerprint density at radius 2 is 2.29 bits per heavy atom. The standard InChI is InChI=1S/C9H9N3OS/c1-5-7(13)3-2-6(4-10)8(5)12-9(11)14/h2-3,13H,1H3,(H3,11,12,14). The van der Waals surface area contributed by atoms with Gasteiger partial charge in [-0.3, -0.25) is 0 Å². The maximum Gasteiger partial charge on any atom is 0.168 e. The van der Waals surface area contributed by atoms with Gasteiger partial charge >= 0.3 is 0 Å². The highest BCUT2D eigenvalue weighted by atomic mass is 32.1. The molecule has 1 aromatic rings. The lowest BCUT2D eigenvalue weighted by Gasteiger charge is -2.10. The van der Waals surface area contributed by atoms with Crippen molar-refractivity contribution in [3.05, 3.63) is 23.3 Å². The Balaban J connectivity index is 3.29. The van der Waals surface area contributed by atoms with E-state index in [-0.39, 0.29) is 10.9 Å². The number of nitrogens with zero attached hydrogens (tertiary/aromatic N) is 1. The molecule has 14 heavy (non-hydrogen) atoms. The molecule has 0 aliphatic heterocycles. The summed E-state index contributed by atoms with van der Waals surface area (Å²) >= 11 is 4.66. The summed E-state index contributed by atoms with van der Waals surface area (Å²) in [5.74, 6) is 0.0998. The van der Waals surface area contributed by atoms with Gasteiger partial charge in [-0.1, -0.05) is 0 Å². The van der Waals surface area contributed by atoms with E-state index in [0.29, 0.717) is 16.8 Å². The number of hydrogen-bond acceptors (Lipinski definition) is 3. The van der Waals surface area contributed by atoms with Crippen molar-refractivity contribution < 1.29 is 5.11 Å². The highest BCUT2D eigenvalue weighted by Gasteiger charge is 2.09. The number of nitriles is 1.